The van der Waals surface area contributed by atoms with Crippen LogP contribution < -0.4 is 5.32 Å². The Morgan fingerprint density at radius 1 is 1.30 bits per heavy atom. The Morgan fingerprint density at radius 3 is 2.61 bits per heavy atom. The quantitative estimate of drug-likeness (QED) is 0.651. The van der Waals surface area contributed by atoms with Crippen molar-refractivity contribution >= 4 is 29.1 Å². The first kappa shape index (κ1) is 15.7. The standard InChI is InChI=1S/C16H18N4O2S/c1-10(21)12-3-5-13(6-4-12)18-15(22)11(2)23-16-19-17-9-20(16)14-7-8-14/h3-6,9,11,14H,7-8H2,1-2H3,(H,18,22)/t11-/m0/s1. The largest absolute Gasteiger partial charge is 0.325 e. The fraction of sp³-hybridized carbons (Fsp3) is 0.375. The highest BCUT2D eigenvalue weighted by Crippen LogP contribution is 2.38. The molecule has 1 aromatic heterocycles. The molecule has 1 N–H and O–H groups in total. The van der Waals surface area contributed by atoms with Crippen LogP contribution in [0.4, 0.5) is 5.69 Å². The van der Waals surface area contributed by atoms with Gasteiger partial charge in [0.05, 0.1) is 5.25 Å². The van der Waals surface area contributed by atoms with Crippen molar-refractivity contribution in [1.29, 1.82) is 0 Å². The van der Waals surface area contributed by atoms with E-state index in [0.717, 1.165) is 18.0 Å². The predicted molar refractivity (Wildman–Crippen MR) is 88.7 cm³/mol. The van der Waals surface area contributed by atoms with Gasteiger partial charge in [-0.2, -0.15) is 0 Å². The Labute approximate surface area is 138 Å². The van der Waals surface area contributed by atoms with Crippen LogP contribution in [0.25, 0.3) is 0 Å². The minimum atomic E-state index is -0.288. The number of amides is 1. The van der Waals surface area contributed by atoms with Crippen molar-refractivity contribution in [3.63, 3.8) is 0 Å². The summed E-state index contributed by atoms with van der Waals surface area (Å²) in [6.07, 6.45) is 4.02. The van der Waals surface area contributed by atoms with E-state index in [1.165, 1.54) is 18.7 Å². The van der Waals surface area contributed by atoms with Gasteiger partial charge in [-0.1, -0.05) is 11.8 Å². The molecule has 0 saturated heterocycles. The number of hydrogen-bond donors (Lipinski definition) is 1. The minimum Gasteiger partial charge on any atom is -0.325 e. The zero-order chi connectivity index (χ0) is 16.4. The number of benzene rings is 1. The molecule has 1 aliphatic carbocycles. The van der Waals surface area contributed by atoms with Crippen LogP contribution in [0.2, 0.25) is 0 Å². The highest BCUT2D eigenvalue weighted by atomic mass is 32.2. The molecule has 0 unspecified atom stereocenters. The van der Waals surface area contributed by atoms with Crippen molar-refractivity contribution in [3.05, 3.63) is 36.2 Å². The number of nitrogens with one attached hydrogen (secondary N) is 1. The molecule has 1 aliphatic rings. The van der Waals surface area contributed by atoms with E-state index in [1.807, 2.05) is 11.5 Å². The fourth-order valence-corrected chi connectivity index (χ4v) is 3.06. The number of carbonyl (C=O) groups excluding carboxylic acids is 2. The summed E-state index contributed by atoms with van der Waals surface area (Å²) >= 11 is 1.40. The maximum atomic E-state index is 12.3. The number of thioether (sulfide) groups is 1. The number of Topliss-reactive ketones (excluding diaryl/α,β-unsaturated/α-hetero) is 1. The Kier molecular flexibility index (Phi) is 4.47. The summed E-state index contributed by atoms with van der Waals surface area (Å²) in [7, 11) is 0. The summed E-state index contributed by atoms with van der Waals surface area (Å²) in [4.78, 5) is 23.5. The van der Waals surface area contributed by atoms with Crippen LogP contribution in [0, 0.1) is 0 Å². The lowest BCUT2D eigenvalue weighted by Crippen LogP contribution is -2.22. The number of hydrogen-bond acceptors (Lipinski definition) is 5. The summed E-state index contributed by atoms with van der Waals surface area (Å²) in [5.41, 5.74) is 1.30. The van der Waals surface area contributed by atoms with Gasteiger partial charge in [0.2, 0.25) is 5.91 Å². The monoisotopic (exact) mass is 330 g/mol. The van der Waals surface area contributed by atoms with Crippen LogP contribution in [0.1, 0.15) is 43.1 Å². The first-order valence-corrected chi connectivity index (χ1v) is 8.40. The van der Waals surface area contributed by atoms with E-state index >= 15 is 0 Å². The molecule has 1 aromatic carbocycles. The third-order valence-corrected chi connectivity index (χ3v) is 4.76. The molecule has 0 radical (unpaired) electrons. The second kappa shape index (κ2) is 6.54. The topological polar surface area (TPSA) is 76.9 Å². The second-order valence-electron chi connectivity index (χ2n) is 5.63. The van der Waals surface area contributed by atoms with Crippen LogP contribution in [0.15, 0.2) is 35.7 Å². The average molecular weight is 330 g/mol. The molecule has 2 aromatic rings. The van der Waals surface area contributed by atoms with E-state index in [2.05, 4.69) is 15.5 Å². The molecular weight excluding hydrogens is 312 g/mol. The van der Waals surface area contributed by atoms with E-state index in [1.54, 1.807) is 30.6 Å². The lowest BCUT2D eigenvalue weighted by atomic mass is 10.1. The van der Waals surface area contributed by atoms with Gasteiger partial charge in [0.15, 0.2) is 10.9 Å². The number of carbonyl (C=O) groups is 2. The zero-order valence-corrected chi connectivity index (χ0v) is 13.8. The molecule has 0 bridgehead atoms. The normalized spacial score (nSPS) is 15.2. The molecule has 0 aliphatic heterocycles. The fourth-order valence-electron chi connectivity index (χ4n) is 2.16. The summed E-state index contributed by atoms with van der Waals surface area (Å²) in [5.74, 6) is -0.0952. The van der Waals surface area contributed by atoms with Crippen LogP contribution in [0.5, 0.6) is 0 Å². The van der Waals surface area contributed by atoms with Crippen LogP contribution in [0.3, 0.4) is 0 Å². The van der Waals surface area contributed by atoms with Crippen molar-refractivity contribution < 1.29 is 9.59 Å². The smallest absolute Gasteiger partial charge is 0.237 e. The van der Waals surface area contributed by atoms with Gasteiger partial charge in [-0.3, -0.25) is 9.59 Å². The van der Waals surface area contributed by atoms with E-state index in [4.69, 9.17) is 0 Å². The molecule has 1 amide bonds. The van der Waals surface area contributed by atoms with E-state index < -0.39 is 0 Å². The van der Waals surface area contributed by atoms with Crippen molar-refractivity contribution in [2.45, 2.75) is 43.1 Å². The third-order valence-electron chi connectivity index (χ3n) is 3.69. The number of ketones is 1. The summed E-state index contributed by atoms with van der Waals surface area (Å²) in [6, 6.07) is 7.37. The Hall–Kier alpha value is -2.15. The summed E-state index contributed by atoms with van der Waals surface area (Å²) in [5, 5.41) is 11.4. The van der Waals surface area contributed by atoms with E-state index in [0.29, 0.717) is 17.3 Å². The van der Waals surface area contributed by atoms with Crippen molar-refractivity contribution in [3.8, 4) is 0 Å². The molecule has 120 valence electrons. The van der Waals surface area contributed by atoms with Crippen molar-refractivity contribution in [2.75, 3.05) is 5.32 Å². The van der Waals surface area contributed by atoms with E-state index in [-0.39, 0.29) is 16.9 Å². The lowest BCUT2D eigenvalue weighted by Gasteiger charge is -2.12. The lowest BCUT2D eigenvalue weighted by molar-refractivity contribution is -0.115. The van der Waals surface area contributed by atoms with Crippen LogP contribution >= 0.6 is 11.8 Å². The molecule has 7 heteroatoms. The van der Waals surface area contributed by atoms with Crippen molar-refractivity contribution in [2.24, 2.45) is 0 Å². The molecule has 23 heavy (non-hydrogen) atoms. The zero-order valence-electron chi connectivity index (χ0n) is 13.0. The predicted octanol–water partition coefficient (Wildman–Crippen LogP) is 2.93. The molecule has 1 saturated carbocycles. The molecule has 1 heterocycles. The van der Waals surface area contributed by atoms with Crippen molar-refractivity contribution in [1.82, 2.24) is 14.8 Å². The van der Waals surface area contributed by atoms with Crippen LogP contribution in [-0.2, 0) is 4.79 Å². The SMILES string of the molecule is CC(=O)c1ccc(NC(=O)[C@H](C)Sc2nncn2C2CC2)cc1. The van der Waals surface area contributed by atoms with Gasteiger partial charge in [0.1, 0.15) is 6.33 Å². The number of aromatic nitrogens is 3. The van der Waals surface area contributed by atoms with Gasteiger partial charge in [0.25, 0.3) is 0 Å². The van der Waals surface area contributed by atoms with Crippen LogP contribution in [-0.4, -0.2) is 31.7 Å². The Balaban J connectivity index is 1.60. The van der Waals surface area contributed by atoms with Gasteiger partial charge < -0.3 is 9.88 Å². The molecular formula is C16H18N4O2S. The second-order valence-corrected chi connectivity index (χ2v) is 6.94. The molecule has 1 fully saturated rings. The molecule has 3 rings (SSSR count). The molecule has 1 atom stereocenters. The minimum absolute atomic E-state index is 0.00575. The maximum absolute atomic E-state index is 12.3. The van der Waals surface area contributed by atoms with Gasteiger partial charge in [0, 0.05) is 17.3 Å². The molecule has 0 spiro atoms. The highest BCUT2D eigenvalue weighted by molar-refractivity contribution is 8.00. The molecule has 6 nitrogen and oxygen atoms in total. The number of rotatable bonds is 6. The van der Waals surface area contributed by atoms with E-state index in [9.17, 15) is 9.59 Å². The van der Waals surface area contributed by atoms with Gasteiger partial charge in [-0.25, -0.2) is 0 Å². The third kappa shape index (κ3) is 3.79. The Morgan fingerprint density at radius 2 is 2.00 bits per heavy atom. The first-order valence-electron chi connectivity index (χ1n) is 7.52. The maximum Gasteiger partial charge on any atom is 0.237 e. The summed E-state index contributed by atoms with van der Waals surface area (Å²) in [6.45, 7) is 3.36. The highest BCUT2D eigenvalue weighted by Gasteiger charge is 2.27. The van der Waals surface area contributed by atoms with Gasteiger partial charge in [-0.05, 0) is 51.0 Å². The average Bonchev–Trinajstić information content (AvgIpc) is 3.27. The van der Waals surface area contributed by atoms with Gasteiger partial charge in [-0.15, -0.1) is 10.2 Å². The number of anilines is 1. The Bertz CT molecular complexity index is 722. The number of nitrogens with zero attached hydrogens (tertiary/aromatic N) is 3. The summed E-state index contributed by atoms with van der Waals surface area (Å²) < 4.78 is 2.04. The first-order chi connectivity index (χ1) is 11.0. The van der Waals surface area contributed by atoms with Gasteiger partial charge >= 0.3 is 0 Å².